The number of amides is 1. The highest BCUT2D eigenvalue weighted by Crippen LogP contribution is 2.09. The lowest BCUT2D eigenvalue weighted by molar-refractivity contribution is 0.102. The molecule has 8 heteroatoms. The fourth-order valence-corrected chi connectivity index (χ4v) is 1.63. The van der Waals surface area contributed by atoms with Crippen LogP contribution in [0, 0.1) is 0 Å². The van der Waals surface area contributed by atoms with Crippen LogP contribution in [0.1, 0.15) is 10.4 Å². The van der Waals surface area contributed by atoms with E-state index in [1.165, 1.54) is 7.11 Å². The Hall–Kier alpha value is -2.90. The Morgan fingerprint density at radius 1 is 1.47 bits per heavy atom. The van der Waals surface area contributed by atoms with Crippen molar-refractivity contribution in [1.29, 1.82) is 0 Å². The predicted molar refractivity (Wildman–Crippen MR) is 66.1 cm³/mol. The number of hydrogen-bond donors (Lipinski definition) is 2. The van der Waals surface area contributed by atoms with Crippen molar-refractivity contribution in [2.24, 2.45) is 0 Å². The Morgan fingerprint density at radius 2 is 2.37 bits per heavy atom. The minimum atomic E-state index is -0.297. The number of ether oxygens (including phenoxy) is 1. The van der Waals surface area contributed by atoms with Crippen molar-refractivity contribution < 1.29 is 9.53 Å². The number of imidazole rings is 1. The summed E-state index contributed by atoms with van der Waals surface area (Å²) < 4.78 is 6.57. The maximum atomic E-state index is 12.0. The molecule has 0 aliphatic heterocycles. The number of aromatic amines is 1. The Kier molecular flexibility index (Phi) is 2.60. The van der Waals surface area contributed by atoms with E-state index >= 15 is 0 Å². The van der Waals surface area contributed by atoms with Crippen molar-refractivity contribution in [3.8, 4) is 6.01 Å². The molecule has 0 aliphatic rings. The summed E-state index contributed by atoms with van der Waals surface area (Å²) in [6.45, 7) is 0. The molecule has 3 heterocycles. The van der Waals surface area contributed by atoms with Crippen molar-refractivity contribution >= 4 is 17.5 Å². The van der Waals surface area contributed by atoms with Gasteiger partial charge in [0.05, 0.1) is 12.7 Å². The molecule has 0 aromatic carbocycles. The zero-order valence-electron chi connectivity index (χ0n) is 9.99. The number of carbonyl (C=O) groups is 1. The zero-order chi connectivity index (χ0) is 13.2. The van der Waals surface area contributed by atoms with E-state index in [0.29, 0.717) is 5.56 Å². The number of H-pyrrole nitrogens is 1. The SMILES string of the molecule is COc1n[nH]c(NC(=O)c2ccc3nccn3c2)n1. The van der Waals surface area contributed by atoms with Crippen LogP contribution in [0.4, 0.5) is 5.95 Å². The number of nitrogens with one attached hydrogen (secondary N) is 2. The largest absolute Gasteiger partial charge is 0.466 e. The second kappa shape index (κ2) is 4.41. The summed E-state index contributed by atoms with van der Waals surface area (Å²) in [6, 6.07) is 3.61. The first-order valence-electron chi connectivity index (χ1n) is 5.47. The van der Waals surface area contributed by atoms with Gasteiger partial charge in [-0.05, 0) is 12.1 Å². The molecule has 3 rings (SSSR count). The molecule has 2 N–H and O–H groups in total. The van der Waals surface area contributed by atoms with Gasteiger partial charge >= 0.3 is 6.01 Å². The van der Waals surface area contributed by atoms with Gasteiger partial charge in [0.15, 0.2) is 0 Å². The highest BCUT2D eigenvalue weighted by molar-refractivity contribution is 6.03. The van der Waals surface area contributed by atoms with Gasteiger partial charge in [-0.3, -0.25) is 10.1 Å². The fraction of sp³-hybridized carbons (Fsp3) is 0.0909. The lowest BCUT2D eigenvalue weighted by Crippen LogP contribution is -2.13. The molecule has 0 saturated carbocycles. The van der Waals surface area contributed by atoms with E-state index in [1.54, 1.807) is 35.1 Å². The standard InChI is InChI=1S/C11H10N6O2/c1-19-11-14-10(15-16-11)13-9(18)7-2-3-8-12-4-5-17(8)6-7/h2-6H,1H3,(H2,13,14,15,16,18). The lowest BCUT2D eigenvalue weighted by atomic mass is 10.2. The third-order valence-electron chi connectivity index (χ3n) is 2.53. The topological polar surface area (TPSA) is 97.2 Å². The van der Waals surface area contributed by atoms with Crippen LogP contribution in [0.5, 0.6) is 6.01 Å². The molecule has 0 bridgehead atoms. The quantitative estimate of drug-likeness (QED) is 0.721. The molecule has 8 nitrogen and oxygen atoms in total. The van der Waals surface area contributed by atoms with Gasteiger partial charge in [0, 0.05) is 18.6 Å². The molecule has 1 amide bonds. The summed E-state index contributed by atoms with van der Waals surface area (Å²) in [4.78, 5) is 20.0. The van der Waals surface area contributed by atoms with Crippen molar-refractivity contribution in [2.45, 2.75) is 0 Å². The minimum Gasteiger partial charge on any atom is -0.466 e. The van der Waals surface area contributed by atoms with Crippen molar-refractivity contribution in [3.05, 3.63) is 36.3 Å². The van der Waals surface area contributed by atoms with Crippen LogP contribution in [0.25, 0.3) is 5.65 Å². The molecule has 0 atom stereocenters. The second-order valence-electron chi connectivity index (χ2n) is 3.74. The van der Waals surface area contributed by atoms with E-state index in [4.69, 9.17) is 4.74 Å². The van der Waals surface area contributed by atoms with Crippen LogP contribution in [0.2, 0.25) is 0 Å². The number of fused-ring (bicyclic) bond motifs is 1. The molecule has 96 valence electrons. The number of aromatic nitrogens is 5. The number of nitrogens with zero attached hydrogens (tertiary/aromatic N) is 4. The lowest BCUT2D eigenvalue weighted by Gasteiger charge is -2.02. The van der Waals surface area contributed by atoms with Crippen LogP contribution >= 0.6 is 0 Å². The van der Waals surface area contributed by atoms with Gasteiger partial charge in [-0.2, -0.15) is 4.98 Å². The molecular formula is C11H10N6O2. The van der Waals surface area contributed by atoms with E-state index in [1.807, 2.05) is 0 Å². The molecule has 0 radical (unpaired) electrons. The maximum absolute atomic E-state index is 12.0. The summed E-state index contributed by atoms with van der Waals surface area (Å²) in [5.74, 6) is -0.0676. The smallest absolute Gasteiger partial charge is 0.336 e. The first-order chi connectivity index (χ1) is 9.26. The molecule has 3 aromatic rings. The van der Waals surface area contributed by atoms with E-state index < -0.39 is 0 Å². The predicted octanol–water partition coefficient (Wildman–Crippen LogP) is 0.713. The molecule has 3 aromatic heterocycles. The monoisotopic (exact) mass is 258 g/mol. The van der Waals surface area contributed by atoms with Crippen molar-refractivity contribution in [3.63, 3.8) is 0 Å². The number of anilines is 1. The first kappa shape index (κ1) is 11.2. The van der Waals surface area contributed by atoms with Crippen LogP contribution < -0.4 is 10.1 Å². The molecule has 0 fully saturated rings. The van der Waals surface area contributed by atoms with E-state index in [2.05, 4.69) is 25.5 Å². The number of hydrogen-bond acceptors (Lipinski definition) is 5. The molecular weight excluding hydrogens is 248 g/mol. The number of rotatable bonds is 3. The summed E-state index contributed by atoms with van der Waals surface area (Å²) in [6.07, 6.45) is 5.12. The third kappa shape index (κ3) is 2.10. The van der Waals surface area contributed by atoms with Gasteiger partial charge in [0.1, 0.15) is 5.65 Å². The minimum absolute atomic E-state index is 0.167. The van der Waals surface area contributed by atoms with E-state index in [9.17, 15) is 4.79 Å². The second-order valence-corrected chi connectivity index (χ2v) is 3.74. The average molecular weight is 258 g/mol. The Labute approximate surface area is 107 Å². The van der Waals surface area contributed by atoms with Gasteiger partial charge in [-0.15, -0.1) is 5.10 Å². The maximum Gasteiger partial charge on any atom is 0.336 e. The molecule has 19 heavy (non-hydrogen) atoms. The Balaban J connectivity index is 1.82. The van der Waals surface area contributed by atoms with Crippen LogP contribution in [-0.4, -0.2) is 37.6 Å². The van der Waals surface area contributed by atoms with E-state index in [0.717, 1.165) is 5.65 Å². The number of carbonyl (C=O) groups excluding carboxylic acids is 1. The summed E-state index contributed by atoms with van der Waals surface area (Å²) in [5.41, 5.74) is 1.26. The summed E-state index contributed by atoms with van der Waals surface area (Å²) in [7, 11) is 1.45. The van der Waals surface area contributed by atoms with Gasteiger partial charge in [-0.25, -0.2) is 10.1 Å². The van der Waals surface area contributed by atoms with Crippen LogP contribution in [-0.2, 0) is 0 Å². The molecule has 0 spiro atoms. The Bertz CT molecular complexity index is 731. The normalized spacial score (nSPS) is 10.6. The highest BCUT2D eigenvalue weighted by Gasteiger charge is 2.10. The van der Waals surface area contributed by atoms with Gasteiger partial charge in [-0.1, -0.05) is 0 Å². The molecule has 0 aliphatic carbocycles. The average Bonchev–Trinajstić information content (AvgIpc) is 3.05. The fourth-order valence-electron chi connectivity index (χ4n) is 1.63. The number of pyridine rings is 1. The molecule has 0 saturated heterocycles. The molecule has 0 unspecified atom stereocenters. The van der Waals surface area contributed by atoms with Crippen molar-refractivity contribution in [2.75, 3.05) is 12.4 Å². The Morgan fingerprint density at radius 3 is 3.16 bits per heavy atom. The summed E-state index contributed by atoms with van der Waals surface area (Å²) in [5, 5.41) is 8.88. The summed E-state index contributed by atoms with van der Waals surface area (Å²) >= 11 is 0. The number of methoxy groups -OCH3 is 1. The highest BCUT2D eigenvalue weighted by atomic mass is 16.5. The van der Waals surface area contributed by atoms with Gasteiger partial charge in [0.25, 0.3) is 5.91 Å². The zero-order valence-corrected chi connectivity index (χ0v) is 9.99. The van der Waals surface area contributed by atoms with Gasteiger partial charge < -0.3 is 9.14 Å². The van der Waals surface area contributed by atoms with Crippen molar-refractivity contribution in [1.82, 2.24) is 24.6 Å². The van der Waals surface area contributed by atoms with Crippen LogP contribution in [0.3, 0.4) is 0 Å². The van der Waals surface area contributed by atoms with Crippen LogP contribution in [0.15, 0.2) is 30.7 Å². The first-order valence-corrected chi connectivity index (χ1v) is 5.47. The van der Waals surface area contributed by atoms with Gasteiger partial charge in [0.2, 0.25) is 5.95 Å². The van der Waals surface area contributed by atoms with E-state index in [-0.39, 0.29) is 17.9 Å². The third-order valence-corrected chi connectivity index (χ3v) is 2.53.